The van der Waals surface area contributed by atoms with E-state index >= 15 is 0 Å². The fraction of sp³-hybridized carbons (Fsp3) is 0.438. The second-order valence-corrected chi connectivity index (χ2v) is 6.29. The molecule has 1 N–H and O–H groups in total. The highest BCUT2D eigenvalue weighted by Crippen LogP contribution is 2.13. The van der Waals surface area contributed by atoms with E-state index in [1.807, 2.05) is 6.92 Å². The minimum Gasteiger partial charge on any atom is -0.308 e. The summed E-state index contributed by atoms with van der Waals surface area (Å²) in [6.45, 7) is 9.33. The first-order chi connectivity index (χ1) is 9.74. The Labute approximate surface area is 124 Å². The van der Waals surface area contributed by atoms with Crippen LogP contribution in [0, 0.1) is 18.6 Å². The second kappa shape index (κ2) is 5.93. The first kappa shape index (κ1) is 15.6. The third-order valence-corrected chi connectivity index (χ3v) is 3.27. The molecule has 0 spiro atoms. The first-order valence-corrected chi connectivity index (χ1v) is 6.96. The number of rotatable bonds is 4. The predicted octanol–water partition coefficient (Wildman–Crippen LogP) is 3.41. The Morgan fingerprint density at radius 1 is 1.14 bits per heavy atom. The summed E-state index contributed by atoms with van der Waals surface area (Å²) in [4.78, 5) is 0. The number of aromatic nitrogens is 2. The molecule has 0 radical (unpaired) electrons. The van der Waals surface area contributed by atoms with Crippen LogP contribution in [0.5, 0.6) is 0 Å². The van der Waals surface area contributed by atoms with Crippen LogP contribution in [0.1, 0.15) is 37.6 Å². The summed E-state index contributed by atoms with van der Waals surface area (Å²) in [5, 5.41) is 7.70. The molecule has 2 rings (SSSR count). The van der Waals surface area contributed by atoms with Gasteiger partial charge in [0.05, 0.1) is 12.7 Å². The van der Waals surface area contributed by atoms with Crippen LogP contribution in [0.25, 0.3) is 0 Å². The van der Waals surface area contributed by atoms with Crippen LogP contribution in [-0.4, -0.2) is 15.3 Å². The van der Waals surface area contributed by atoms with Crippen molar-refractivity contribution in [3.63, 3.8) is 0 Å². The molecule has 0 atom stereocenters. The normalized spacial score (nSPS) is 11.9. The van der Waals surface area contributed by atoms with Crippen LogP contribution in [0.15, 0.2) is 24.4 Å². The molecule has 5 heteroatoms. The maximum atomic E-state index is 13.2. The van der Waals surface area contributed by atoms with Crippen LogP contribution in [-0.2, 0) is 13.1 Å². The SMILES string of the molecule is Cc1c(CNC(C)(C)C)cnn1Cc1cc(F)cc(F)c1. The van der Waals surface area contributed by atoms with Crippen molar-refractivity contribution in [2.24, 2.45) is 0 Å². The van der Waals surface area contributed by atoms with E-state index in [9.17, 15) is 8.78 Å². The van der Waals surface area contributed by atoms with Crippen LogP contribution in [0.4, 0.5) is 8.78 Å². The molecule has 21 heavy (non-hydrogen) atoms. The molecule has 1 aromatic carbocycles. The Balaban J connectivity index is 2.13. The van der Waals surface area contributed by atoms with Crippen molar-refractivity contribution in [2.45, 2.75) is 46.3 Å². The molecule has 0 aliphatic carbocycles. The maximum absolute atomic E-state index is 13.2. The highest BCUT2D eigenvalue weighted by atomic mass is 19.1. The number of nitrogens with zero attached hydrogens (tertiary/aromatic N) is 2. The molecule has 1 heterocycles. The van der Waals surface area contributed by atoms with E-state index < -0.39 is 11.6 Å². The Hall–Kier alpha value is -1.75. The number of hydrogen-bond acceptors (Lipinski definition) is 2. The van der Waals surface area contributed by atoms with Gasteiger partial charge < -0.3 is 5.32 Å². The van der Waals surface area contributed by atoms with Gasteiger partial charge in [0.2, 0.25) is 0 Å². The van der Waals surface area contributed by atoms with Crippen molar-refractivity contribution in [3.05, 3.63) is 52.9 Å². The fourth-order valence-electron chi connectivity index (χ4n) is 2.05. The van der Waals surface area contributed by atoms with Gasteiger partial charge in [-0.15, -0.1) is 0 Å². The van der Waals surface area contributed by atoms with Gasteiger partial charge in [-0.05, 0) is 45.4 Å². The van der Waals surface area contributed by atoms with Gasteiger partial charge in [0.1, 0.15) is 11.6 Å². The van der Waals surface area contributed by atoms with Crippen molar-refractivity contribution in [1.82, 2.24) is 15.1 Å². The Kier molecular flexibility index (Phi) is 4.42. The van der Waals surface area contributed by atoms with E-state index in [1.54, 1.807) is 10.9 Å². The van der Waals surface area contributed by atoms with Crippen molar-refractivity contribution < 1.29 is 8.78 Å². The third kappa shape index (κ3) is 4.36. The van der Waals surface area contributed by atoms with Gasteiger partial charge in [0, 0.05) is 29.4 Å². The molecular weight excluding hydrogens is 272 g/mol. The zero-order valence-corrected chi connectivity index (χ0v) is 12.9. The lowest BCUT2D eigenvalue weighted by molar-refractivity contribution is 0.423. The molecule has 0 amide bonds. The quantitative estimate of drug-likeness (QED) is 0.936. The van der Waals surface area contributed by atoms with Gasteiger partial charge in [-0.3, -0.25) is 4.68 Å². The van der Waals surface area contributed by atoms with Crippen molar-refractivity contribution in [3.8, 4) is 0 Å². The third-order valence-electron chi connectivity index (χ3n) is 3.27. The first-order valence-electron chi connectivity index (χ1n) is 6.96. The van der Waals surface area contributed by atoms with E-state index in [0.29, 0.717) is 18.7 Å². The summed E-state index contributed by atoms with van der Waals surface area (Å²) in [7, 11) is 0. The molecular formula is C16H21F2N3. The zero-order chi connectivity index (χ0) is 15.6. The molecule has 0 saturated heterocycles. The van der Waals surface area contributed by atoms with Crippen molar-refractivity contribution in [2.75, 3.05) is 0 Å². The van der Waals surface area contributed by atoms with Crippen LogP contribution >= 0.6 is 0 Å². The standard InChI is InChI=1S/C16H21F2N3/c1-11-13(8-19-16(2,3)4)9-20-21(11)10-12-5-14(17)7-15(18)6-12/h5-7,9,19H,8,10H2,1-4H3. The van der Waals surface area contributed by atoms with E-state index in [1.165, 1.54) is 12.1 Å². The summed E-state index contributed by atoms with van der Waals surface area (Å²) in [5.74, 6) is -1.13. The molecule has 3 nitrogen and oxygen atoms in total. The summed E-state index contributed by atoms with van der Waals surface area (Å²) >= 11 is 0. The van der Waals surface area contributed by atoms with Gasteiger partial charge in [-0.25, -0.2) is 8.78 Å². The molecule has 1 aromatic heterocycles. The van der Waals surface area contributed by atoms with Gasteiger partial charge in [0.25, 0.3) is 0 Å². The monoisotopic (exact) mass is 293 g/mol. The zero-order valence-electron chi connectivity index (χ0n) is 12.9. The predicted molar refractivity (Wildman–Crippen MR) is 79.0 cm³/mol. The highest BCUT2D eigenvalue weighted by Gasteiger charge is 2.12. The van der Waals surface area contributed by atoms with Gasteiger partial charge in [0.15, 0.2) is 0 Å². The number of halogens is 2. The fourth-order valence-corrected chi connectivity index (χ4v) is 2.05. The van der Waals surface area contributed by atoms with Crippen LogP contribution in [0.2, 0.25) is 0 Å². The summed E-state index contributed by atoms with van der Waals surface area (Å²) in [6.07, 6.45) is 1.80. The number of nitrogens with one attached hydrogen (secondary N) is 1. The molecule has 0 bridgehead atoms. The minimum absolute atomic E-state index is 0.0280. The van der Waals surface area contributed by atoms with E-state index in [4.69, 9.17) is 0 Å². The van der Waals surface area contributed by atoms with Gasteiger partial charge >= 0.3 is 0 Å². The van der Waals surface area contributed by atoms with Gasteiger partial charge in [-0.1, -0.05) is 0 Å². The molecule has 0 aliphatic rings. The molecule has 0 fully saturated rings. The van der Waals surface area contributed by atoms with Crippen LogP contribution in [0.3, 0.4) is 0 Å². The topological polar surface area (TPSA) is 29.9 Å². The average molecular weight is 293 g/mol. The molecule has 0 saturated carbocycles. The lowest BCUT2D eigenvalue weighted by atomic mass is 10.1. The van der Waals surface area contributed by atoms with E-state index in [2.05, 4.69) is 31.2 Å². The summed E-state index contributed by atoms with van der Waals surface area (Å²) in [6, 6.07) is 3.53. The van der Waals surface area contributed by atoms with Crippen molar-refractivity contribution >= 4 is 0 Å². The second-order valence-electron chi connectivity index (χ2n) is 6.29. The Morgan fingerprint density at radius 2 is 1.76 bits per heavy atom. The number of benzene rings is 1. The van der Waals surface area contributed by atoms with Gasteiger partial charge in [-0.2, -0.15) is 5.10 Å². The lowest BCUT2D eigenvalue weighted by Crippen LogP contribution is -2.35. The average Bonchev–Trinajstić information content (AvgIpc) is 2.66. The smallest absolute Gasteiger partial charge is 0.126 e. The molecule has 0 unspecified atom stereocenters. The highest BCUT2D eigenvalue weighted by molar-refractivity contribution is 5.21. The minimum atomic E-state index is -0.565. The number of hydrogen-bond donors (Lipinski definition) is 1. The maximum Gasteiger partial charge on any atom is 0.126 e. The molecule has 0 aliphatic heterocycles. The Morgan fingerprint density at radius 3 is 2.33 bits per heavy atom. The molecule has 2 aromatic rings. The van der Waals surface area contributed by atoms with E-state index in [-0.39, 0.29) is 5.54 Å². The van der Waals surface area contributed by atoms with E-state index in [0.717, 1.165) is 17.3 Å². The Bertz CT molecular complexity index is 607. The lowest BCUT2D eigenvalue weighted by Gasteiger charge is -2.20. The van der Waals surface area contributed by atoms with Crippen molar-refractivity contribution in [1.29, 1.82) is 0 Å². The summed E-state index contributed by atoms with van der Waals surface area (Å²) in [5.41, 5.74) is 2.67. The van der Waals surface area contributed by atoms with Crippen LogP contribution < -0.4 is 5.32 Å². The summed E-state index contributed by atoms with van der Waals surface area (Å²) < 4.78 is 28.2. The largest absolute Gasteiger partial charge is 0.308 e. The molecule has 114 valence electrons.